The van der Waals surface area contributed by atoms with Gasteiger partial charge < -0.3 is 14.5 Å². The quantitative estimate of drug-likeness (QED) is 0.571. The number of benzene rings is 1. The molecule has 9 nitrogen and oxygen atoms in total. The second-order valence-corrected chi connectivity index (χ2v) is 6.41. The fraction of sp³-hybridized carbons (Fsp3) is 0.133. The minimum absolute atomic E-state index is 0.245. The number of rotatable bonds is 6. The number of hydrogen-bond acceptors (Lipinski definition) is 7. The van der Waals surface area contributed by atoms with Gasteiger partial charge >= 0.3 is 5.97 Å². The fourth-order valence-electron chi connectivity index (χ4n) is 1.81. The number of ether oxygens (including phenoxy) is 1. The minimum atomic E-state index is -4.07. The van der Waals surface area contributed by atoms with E-state index in [2.05, 4.69) is 5.32 Å². The van der Waals surface area contributed by atoms with Gasteiger partial charge in [0.05, 0.1) is 0 Å². The summed E-state index contributed by atoms with van der Waals surface area (Å²) in [6, 6.07) is 8.08. The van der Waals surface area contributed by atoms with E-state index in [1.54, 1.807) is 0 Å². The van der Waals surface area contributed by atoms with Crippen LogP contribution in [-0.2, 0) is 19.6 Å². The maximum atomic E-state index is 12.0. The van der Waals surface area contributed by atoms with E-state index in [-0.39, 0.29) is 11.5 Å². The zero-order valence-corrected chi connectivity index (χ0v) is 13.8. The van der Waals surface area contributed by atoms with Gasteiger partial charge in [-0.1, -0.05) is 0 Å². The number of hydrogen-bond donors (Lipinski definition) is 2. The smallest absolute Gasteiger partial charge is 0.374 e. The van der Waals surface area contributed by atoms with Crippen molar-refractivity contribution >= 4 is 33.4 Å². The SMILES string of the molecule is CC(=O)Nc1ccc(C(=O)COC(=O)c2ccc(S(N)(=O)=O)o2)cc1. The second kappa shape index (κ2) is 7.28. The lowest BCUT2D eigenvalue weighted by molar-refractivity contribution is -0.114. The lowest BCUT2D eigenvalue weighted by atomic mass is 10.1. The highest BCUT2D eigenvalue weighted by atomic mass is 32.2. The number of esters is 1. The van der Waals surface area contributed by atoms with Gasteiger partial charge in [-0.2, -0.15) is 0 Å². The highest BCUT2D eigenvalue weighted by molar-refractivity contribution is 7.89. The Kier molecular flexibility index (Phi) is 5.35. The molecular weight excluding hydrogens is 352 g/mol. The summed E-state index contributed by atoms with van der Waals surface area (Å²) in [6.07, 6.45) is 0. The van der Waals surface area contributed by atoms with Crippen LogP contribution in [-0.4, -0.2) is 32.7 Å². The standard InChI is InChI=1S/C15H14N2O7S/c1-9(18)17-11-4-2-10(3-5-11)12(19)8-23-15(20)13-6-7-14(24-13)25(16,21)22/h2-7H,8H2,1H3,(H,17,18)(H2,16,21,22). The Morgan fingerprint density at radius 1 is 1.12 bits per heavy atom. The highest BCUT2D eigenvalue weighted by Crippen LogP contribution is 2.14. The molecule has 0 fully saturated rings. The van der Waals surface area contributed by atoms with Crippen LogP contribution in [0.25, 0.3) is 0 Å². The number of Topliss-reactive ketones (excluding diaryl/α,β-unsaturated/α-hetero) is 1. The number of carbonyl (C=O) groups is 3. The molecular formula is C15H14N2O7S. The molecule has 2 aromatic rings. The van der Waals surface area contributed by atoms with Gasteiger partial charge in [0, 0.05) is 18.2 Å². The molecule has 0 radical (unpaired) electrons. The zero-order chi connectivity index (χ0) is 18.6. The van der Waals surface area contributed by atoms with Crippen LogP contribution in [0, 0.1) is 0 Å². The Balaban J connectivity index is 1.96. The molecule has 1 aromatic carbocycles. The fourth-order valence-corrected chi connectivity index (χ4v) is 2.27. The number of sulfonamides is 1. The Hall–Kier alpha value is -2.98. The molecule has 1 aromatic heterocycles. The van der Waals surface area contributed by atoms with Gasteiger partial charge in [0.25, 0.3) is 10.0 Å². The Morgan fingerprint density at radius 2 is 1.76 bits per heavy atom. The van der Waals surface area contributed by atoms with E-state index in [1.807, 2.05) is 0 Å². The monoisotopic (exact) mass is 366 g/mol. The van der Waals surface area contributed by atoms with Crippen molar-refractivity contribution in [2.75, 3.05) is 11.9 Å². The predicted molar refractivity (Wildman–Crippen MR) is 85.4 cm³/mol. The van der Waals surface area contributed by atoms with Crippen LogP contribution in [0.5, 0.6) is 0 Å². The van der Waals surface area contributed by atoms with E-state index in [0.717, 1.165) is 12.1 Å². The molecule has 0 spiro atoms. The third kappa shape index (κ3) is 4.99. The molecule has 25 heavy (non-hydrogen) atoms. The number of anilines is 1. The number of carbonyl (C=O) groups excluding carboxylic acids is 3. The molecule has 2 rings (SSSR count). The van der Waals surface area contributed by atoms with E-state index in [9.17, 15) is 22.8 Å². The van der Waals surface area contributed by atoms with Crippen molar-refractivity contribution in [2.24, 2.45) is 5.14 Å². The van der Waals surface area contributed by atoms with Crippen molar-refractivity contribution in [3.8, 4) is 0 Å². The van der Waals surface area contributed by atoms with E-state index < -0.39 is 39.2 Å². The highest BCUT2D eigenvalue weighted by Gasteiger charge is 2.19. The molecule has 0 aliphatic rings. The van der Waals surface area contributed by atoms with Gasteiger partial charge in [0.2, 0.25) is 16.8 Å². The molecule has 1 amide bonds. The summed E-state index contributed by atoms with van der Waals surface area (Å²) in [5.41, 5.74) is 0.790. The summed E-state index contributed by atoms with van der Waals surface area (Å²) in [4.78, 5) is 34.6. The van der Waals surface area contributed by atoms with Crippen molar-refractivity contribution in [1.82, 2.24) is 0 Å². The van der Waals surface area contributed by atoms with Gasteiger partial charge in [-0.15, -0.1) is 0 Å². The van der Waals surface area contributed by atoms with Crippen molar-refractivity contribution in [2.45, 2.75) is 12.0 Å². The van der Waals surface area contributed by atoms with Crippen molar-refractivity contribution in [1.29, 1.82) is 0 Å². The largest absolute Gasteiger partial charge is 0.451 e. The van der Waals surface area contributed by atoms with E-state index >= 15 is 0 Å². The number of ketones is 1. The Bertz CT molecular complexity index is 914. The van der Waals surface area contributed by atoms with Crippen LogP contribution < -0.4 is 10.5 Å². The van der Waals surface area contributed by atoms with Gasteiger partial charge in [0.15, 0.2) is 12.4 Å². The first-order valence-corrected chi connectivity index (χ1v) is 8.42. The molecule has 10 heteroatoms. The molecule has 0 atom stereocenters. The molecule has 0 unspecified atom stereocenters. The lowest BCUT2D eigenvalue weighted by Crippen LogP contribution is -2.14. The van der Waals surface area contributed by atoms with Crippen LogP contribution in [0.1, 0.15) is 27.8 Å². The Morgan fingerprint density at radius 3 is 2.28 bits per heavy atom. The van der Waals surface area contributed by atoms with Crippen molar-refractivity contribution < 1.29 is 32.0 Å². The predicted octanol–water partition coefficient (Wildman–Crippen LogP) is 0.925. The number of nitrogens with one attached hydrogen (secondary N) is 1. The summed E-state index contributed by atoms with van der Waals surface area (Å²) in [5.74, 6) is -2.12. The minimum Gasteiger partial charge on any atom is -0.451 e. The van der Waals surface area contributed by atoms with Crippen molar-refractivity contribution in [3.05, 3.63) is 47.7 Å². The number of primary sulfonamides is 1. The molecule has 132 valence electrons. The van der Waals surface area contributed by atoms with Gasteiger partial charge in [-0.3, -0.25) is 9.59 Å². The first-order valence-electron chi connectivity index (χ1n) is 6.87. The summed E-state index contributed by atoms with van der Waals surface area (Å²) < 4.78 is 31.7. The van der Waals surface area contributed by atoms with Crippen LogP contribution in [0.3, 0.4) is 0 Å². The molecule has 0 aliphatic heterocycles. The van der Waals surface area contributed by atoms with E-state index in [1.165, 1.54) is 31.2 Å². The third-order valence-corrected chi connectivity index (χ3v) is 3.70. The van der Waals surface area contributed by atoms with Gasteiger partial charge in [-0.25, -0.2) is 18.4 Å². The average molecular weight is 366 g/mol. The normalized spacial score (nSPS) is 11.0. The third-order valence-electron chi connectivity index (χ3n) is 2.92. The number of furan rings is 1. The summed E-state index contributed by atoms with van der Waals surface area (Å²) >= 11 is 0. The molecule has 3 N–H and O–H groups in total. The average Bonchev–Trinajstić information content (AvgIpc) is 3.02. The van der Waals surface area contributed by atoms with Crippen LogP contribution in [0.15, 0.2) is 45.9 Å². The number of nitrogens with two attached hydrogens (primary N) is 1. The molecule has 0 aliphatic carbocycles. The zero-order valence-electron chi connectivity index (χ0n) is 13.0. The van der Waals surface area contributed by atoms with Gasteiger partial charge in [0.1, 0.15) is 0 Å². The van der Waals surface area contributed by atoms with E-state index in [0.29, 0.717) is 5.69 Å². The van der Waals surface area contributed by atoms with Gasteiger partial charge in [-0.05, 0) is 36.4 Å². The second-order valence-electron chi connectivity index (χ2n) is 4.92. The first-order chi connectivity index (χ1) is 11.7. The summed E-state index contributed by atoms with van der Waals surface area (Å²) in [5, 5.41) is 6.82. The first kappa shape index (κ1) is 18.4. The van der Waals surface area contributed by atoms with Crippen LogP contribution in [0.4, 0.5) is 5.69 Å². The van der Waals surface area contributed by atoms with E-state index in [4.69, 9.17) is 14.3 Å². The Labute approximate surface area is 142 Å². The number of amides is 1. The molecule has 0 saturated carbocycles. The summed E-state index contributed by atoms with van der Waals surface area (Å²) in [7, 11) is -4.07. The molecule has 0 saturated heterocycles. The lowest BCUT2D eigenvalue weighted by Gasteiger charge is -2.05. The summed E-state index contributed by atoms with van der Waals surface area (Å²) in [6.45, 7) is 0.790. The maximum Gasteiger partial charge on any atom is 0.374 e. The maximum absolute atomic E-state index is 12.0. The molecule has 0 bridgehead atoms. The van der Waals surface area contributed by atoms with Crippen molar-refractivity contribution in [3.63, 3.8) is 0 Å². The topological polar surface area (TPSA) is 146 Å². The molecule has 1 heterocycles. The van der Waals surface area contributed by atoms with Crippen LogP contribution >= 0.6 is 0 Å². The van der Waals surface area contributed by atoms with Crippen LogP contribution in [0.2, 0.25) is 0 Å².